The van der Waals surface area contributed by atoms with Crippen molar-refractivity contribution in [1.82, 2.24) is 0 Å². The van der Waals surface area contributed by atoms with E-state index in [0.29, 0.717) is 0 Å². The molecule has 0 fully saturated rings. The van der Waals surface area contributed by atoms with Gasteiger partial charge in [0.2, 0.25) is 0 Å². The third-order valence-corrected chi connectivity index (χ3v) is 3.57. The zero-order chi connectivity index (χ0) is 14.7. The summed E-state index contributed by atoms with van der Waals surface area (Å²) in [7, 11) is 0. The lowest BCUT2D eigenvalue weighted by Crippen LogP contribution is -2.08. The van der Waals surface area contributed by atoms with Crippen LogP contribution in [-0.4, -0.2) is 0 Å². The molecule has 3 rings (SSSR count). The number of nitriles is 1. The van der Waals surface area contributed by atoms with Crippen LogP contribution in [0.4, 0.5) is 5.69 Å². The van der Waals surface area contributed by atoms with Crippen molar-refractivity contribution in [2.24, 2.45) is 0 Å². The molecule has 3 aromatic carbocycles. The van der Waals surface area contributed by atoms with Crippen LogP contribution in [0.15, 0.2) is 66.7 Å². The fraction of sp³-hybridized carbons (Fsp3) is 0.105. The van der Waals surface area contributed by atoms with E-state index >= 15 is 0 Å². The first-order valence-electron chi connectivity index (χ1n) is 6.98. The number of rotatable bonds is 3. The molecule has 0 spiro atoms. The van der Waals surface area contributed by atoms with Gasteiger partial charge in [-0.15, -0.1) is 0 Å². The summed E-state index contributed by atoms with van der Waals surface area (Å²) in [6.45, 7) is 2.04. The van der Waals surface area contributed by atoms with Gasteiger partial charge >= 0.3 is 0 Å². The molecule has 0 saturated carbocycles. The predicted octanol–water partition coefficient (Wildman–Crippen LogP) is 4.83. The normalized spacial score (nSPS) is 11.8. The highest BCUT2D eigenvalue weighted by molar-refractivity contribution is 5.83. The molecule has 102 valence electrons. The van der Waals surface area contributed by atoms with Gasteiger partial charge in [-0.05, 0) is 47.0 Å². The van der Waals surface area contributed by atoms with E-state index in [4.69, 9.17) is 0 Å². The van der Waals surface area contributed by atoms with Gasteiger partial charge in [0.25, 0.3) is 0 Å². The maximum absolute atomic E-state index is 9.47. The molecule has 1 N–H and O–H groups in total. The molecule has 0 saturated heterocycles. The molecule has 3 aromatic rings. The molecule has 0 aliphatic heterocycles. The Morgan fingerprint density at radius 3 is 2.48 bits per heavy atom. The van der Waals surface area contributed by atoms with E-state index in [1.807, 2.05) is 49.4 Å². The van der Waals surface area contributed by atoms with Crippen LogP contribution in [0.5, 0.6) is 0 Å². The molecule has 0 aliphatic rings. The number of fused-ring (bicyclic) bond motifs is 1. The molecule has 2 heteroatoms. The molecule has 0 amide bonds. The van der Waals surface area contributed by atoms with Crippen LogP contribution in [0.2, 0.25) is 0 Å². The van der Waals surface area contributed by atoms with E-state index in [1.165, 1.54) is 10.9 Å². The largest absolute Gasteiger partial charge is 0.366 e. The average Bonchev–Trinajstić information content (AvgIpc) is 2.52. The van der Waals surface area contributed by atoms with Crippen LogP contribution >= 0.6 is 0 Å². The molecule has 1 atom stereocenters. The van der Waals surface area contributed by atoms with Crippen LogP contribution in [0, 0.1) is 18.3 Å². The Kier molecular flexibility index (Phi) is 3.57. The van der Waals surface area contributed by atoms with E-state index in [-0.39, 0.29) is 6.04 Å². The molecule has 1 unspecified atom stereocenters. The van der Waals surface area contributed by atoms with Gasteiger partial charge in [-0.1, -0.05) is 48.5 Å². The van der Waals surface area contributed by atoms with Crippen LogP contribution in [0.25, 0.3) is 10.8 Å². The molecule has 0 aliphatic carbocycles. The zero-order valence-corrected chi connectivity index (χ0v) is 11.9. The summed E-state index contributed by atoms with van der Waals surface area (Å²) >= 11 is 0. The number of anilines is 1. The maximum atomic E-state index is 9.47. The van der Waals surface area contributed by atoms with Gasteiger partial charge in [0, 0.05) is 5.69 Å². The van der Waals surface area contributed by atoms with Gasteiger partial charge in [0.05, 0.1) is 6.07 Å². The van der Waals surface area contributed by atoms with Crippen molar-refractivity contribution < 1.29 is 0 Å². The van der Waals surface area contributed by atoms with E-state index < -0.39 is 0 Å². The molecule has 0 heterocycles. The first-order chi connectivity index (χ1) is 10.3. The Morgan fingerprint density at radius 1 is 0.905 bits per heavy atom. The van der Waals surface area contributed by atoms with Gasteiger partial charge in [-0.2, -0.15) is 5.26 Å². The monoisotopic (exact) mass is 272 g/mol. The van der Waals surface area contributed by atoms with Crippen molar-refractivity contribution in [2.45, 2.75) is 13.0 Å². The third-order valence-electron chi connectivity index (χ3n) is 3.57. The standard InChI is InChI=1S/C19H16N2/c1-14-5-4-8-18(11-14)21-19(13-20)17-10-9-15-6-2-3-7-16(15)12-17/h2-12,19,21H,1H3. The smallest absolute Gasteiger partial charge is 0.140 e. The minimum atomic E-state index is -0.351. The predicted molar refractivity (Wildman–Crippen MR) is 87.1 cm³/mol. The van der Waals surface area contributed by atoms with Gasteiger partial charge in [-0.3, -0.25) is 0 Å². The molecule has 0 radical (unpaired) electrons. The topological polar surface area (TPSA) is 35.8 Å². The molecule has 0 bridgehead atoms. The molecular weight excluding hydrogens is 256 g/mol. The van der Waals surface area contributed by atoms with Gasteiger partial charge in [0.1, 0.15) is 6.04 Å². The van der Waals surface area contributed by atoms with Crippen LogP contribution in [-0.2, 0) is 0 Å². The quantitative estimate of drug-likeness (QED) is 0.741. The molecule has 2 nitrogen and oxygen atoms in total. The van der Waals surface area contributed by atoms with Crippen molar-refractivity contribution in [3.05, 3.63) is 77.9 Å². The lowest BCUT2D eigenvalue weighted by atomic mass is 10.0. The van der Waals surface area contributed by atoms with Crippen molar-refractivity contribution in [3.63, 3.8) is 0 Å². The third kappa shape index (κ3) is 2.88. The van der Waals surface area contributed by atoms with Crippen molar-refractivity contribution in [3.8, 4) is 6.07 Å². The Morgan fingerprint density at radius 2 is 1.71 bits per heavy atom. The Labute approximate surface area is 124 Å². The molecule has 21 heavy (non-hydrogen) atoms. The number of hydrogen-bond donors (Lipinski definition) is 1. The summed E-state index contributed by atoms with van der Waals surface area (Å²) in [5.41, 5.74) is 3.13. The second kappa shape index (κ2) is 5.68. The summed E-state index contributed by atoms with van der Waals surface area (Å²) in [5, 5.41) is 15.1. The maximum Gasteiger partial charge on any atom is 0.140 e. The van der Waals surface area contributed by atoms with Crippen LogP contribution in [0.1, 0.15) is 17.2 Å². The Hall–Kier alpha value is -2.79. The Balaban J connectivity index is 1.93. The SMILES string of the molecule is Cc1cccc(NC(C#N)c2ccc3ccccc3c2)c1. The van der Waals surface area contributed by atoms with Gasteiger partial charge in [0.15, 0.2) is 0 Å². The number of nitrogens with one attached hydrogen (secondary N) is 1. The highest BCUT2D eigenvalue weighted by Crippen LogP contribution is 2.23. The lowest BCUT2D eigenvalue weighted by molar-refractivity contribution is 1.000. The number of aryl methyl sites for hydroxylation is 1. The fourth-order valence-electron chi connectivity index (χ4n) is 2.48. The number of nitrogens with zero attached hydrogens (tertiary/aromatic N) is 1. The summed E-state index contributed by atoms with van der Waals surface area (Å²) in [4.78, 5) is 0. The van der Waals surface area contributed by atoms with Crippen molar-refractivity contribution in [1.29, 1.82) is 5.26 Å². The first-order valence-corrected chi connectivity index (χ1v) is 6.98. The van der Waals surface area contributed by atoms with Crippen LogP contribution < -0.4 is 5.32 Å². The zero-order valence-electron chi connectivity index (χ0n) is 11.9. The van der Waals surface area contributed by atoms with Gasteiger partial charge < -0.3 is 5.32 Å². The van der Waals surface area contributed by atoms with Crippen LogP contribution in [0.3, 0.4) is 0 Å². The highest BCUT2D eigenvalue weighted by Gasteiger charge is 2.10. The van der Waals surface area contributed by atoms with E-state index in [0.717, 1.165) is 16.6 Å². The summed E-state index contributed by atoms with van der Waals surface area (Å²) in [6, 6.07) is 24.4. The molecule has 0 aromatic heterocycles. The minimum absolute atomic E-state index is 0.351. The minimum Gasteiger partial charge on any atom is -0.366 e. The van der Waals surface area contributed by atoms with Crippen molar-refractivity contribution >= 4 is 16.5 Å². The Bertz CT molecular complexity index is 815. The average molecular weight is 272 g/mol. The van der Waals surface area contributed by atoms with Crippen molar-refractivity contribution in [2.75, 3.05) is 5.32 Å². The fourth-order valence-corrected chi connectivity index (χ4v) is 2.48. The molecular formula is C19H16N2. The lowest BCUT2D eigenvalue weighted by Gasteiger charge is -2.14. The second-order valence-corrected chi connectivity index (χ2v) is 5.18. The number of hydrogen-bond acceptors (Lipinski definition) is 2. The van der Waals surface area contributed by atoms with E-state index in [1.54, 1.807) is 0 Å². The second-order valence-electron chi connectivity index (χ2n) is 5.18. The van der Waals surface area contributed by atoms with Gasteiger partial charge in [-0.25, -0.2) is 0 Å². The van der Waals surface area contributed by atoms with E-state index in [2.05, 4.69) is 35.7 Å². The van der Waals surface area contributed by atoms with E-state index in [9.17, 15) is 5.26 Å². The first kappa shape index (κ1) is 13.2. The highest BCUT2D eigenvalue weighted by atomic mass is 14.9. The number of benzene rings is 3. The summed E-state index contributed by atoms with van der Waals surface area (Å²) in [6.07, 6.45) is 0. The summed E-state index contributed by atoms with van der Waals surface area (Å²) < 4.78 is 0. The summed E-state index contributed by atoms with van der Waals surface area (Å²) in [5.74, 6) is 0.